The van der Waals surface area contributed by atoms with E-state index in [-0.39, 0.29) is 16.6 Å². The van der Waals surface area contributed by atoms with Crippen LogP contribution in [-0.2, 0) is 19.6 Å². The van der Waals surface area contributed by atoms with E-state index in [1.165, 1.54) is 28.2 Å². The molecule has 1 heterocycles. The lowest BCUT2D eigenvalue weighted by atomic mass is 10.3. The van der Waals surface area contributed by atoms with Crippen LogP contribution in [0.15, 0.2) is 58.3 Å². The first-order valence-corrected chi connectivity index (χ1v) is 11.7. The summed E-state index contributed by atoms with van der Waals surface area (Å²) in [6.07, 6.45) is 0. The van der Waals surface area contributed by atoms with Crippen molar-refractivity contribution in [1.29, 1.82) is 0 Å². The molecule has 2 aromatic carbocycles. The van der Waals surface area contributed by atoms with Crippen molar-refractivity contribution in [3.05, 3.63) is 48.5 Å². The minimum Gasteiger partial charge on any atom is -0.494 e. The summed E-state index contributed by atoms with van der Waals surface area (Å²) < 4.78 is 37.5. The first kappa shape index (κ1) is 21.6. The third kappa shape index (κ3) is 5.96. The molecule has 0 aliphatic carbocycles. The van der Waals surface area contributed by atoms with Gasteiger partial charge in [0.05, 0.1) is 30.5 Å². The van der Waals surface area contributed by atoms with Crippen LogP contribution in [0.25, 0.3) is 0 Å². The van der Waals surface area contributed by atoms with Crippen LogP contribution in [0, 0.1) is 0 Å². The molecule has 1 fully saturated rings. The zero-order chi connectivity index (χ0) is 20.7. The second-order valence-corrected chi connectivity index (χ2v) is 9.27. The molecule has 1 saturated heterocycles. The van der Waals surface area contributed by atoms with Gasteiger partial charge in [0.1, 0.15) is 5.75 Å². The number of thioether (sulfide) groups is 1. The minimum atomic E-state index is -3.60. The molecule has 0 saturated carbocycles. The number of morpholine rings is 1. The minimum absolute atomic E-state index is 0.163. The van der Waals surface area contributed by atoms with E-state index in [4.69, 9.17) is 9.47 Å². The van der Waals surface area contributed by atoms with Crippen molar-refractivity contribution in [2.45, 2.75) is 16.7 Å². The van der Waals surface area contributed by atoms with E-state index in [0.717, 1.165) is 10.6 Å². The van der Waals surface area contributed by atoms with Crippen molar-refractivity contribution < 1.29 is 22.7 Å². The summed E-state index contributed by atoms with van der Waals surface area (Å²) in [5.41, 5.74) is 0.455. The maximum atomic E-state index is 12.8. The normalized spacial score (nSPS) is 15.1. The van der Waals surface area contributed by atoms with Gasteiger partial charge in [0.2, 0.25) is 15.9 Å². The first-order chi connectivity index (χ1) is 14.0. The largest absolute Gasteiger partial charge is 0.494 e. The molecule has 9 heteroatoms. The number of ether oxygens (including phenoxy) is 2. The van der Waals surface area contributed by atoms with E-state index in [2.05, 4.69) is 5.32 Å². The Balaban J connectivity index is 1.58. The van der Waals surface area contributed by atoms with Crippen molar-refractivity contribution in [3.8, 4) is 5.75 Å². The lowest BCUT2D eigenvalue weighted by Gasteiger charge is -2.26. The van der Waals surface area contributed by atoms with E-state index in [9.17, 15) is 13.2 Å². The molecule has 0 unspecified atom stereocenters. The predicted molar refractivity (Wildman–Crippen MR) is 113 cm³/mol. The molecule has 3 rings (SSSR count). The van der Waals surface area contributed by atoms with Crippen molar-refractivity contribution in [1.82, 2.24) is 4.31 Å². The molecule has 0 atom stereocenters. The smallest absolute Gasteiger partial charge is 0.243 e. The van der Waals surface area contributed by atoms with Gasteiger partial charge in [0.25, 0.3) is 0 Å². The van der Waals surface area contributed by atoms with Gasteiger partial charge in [-0.25, -0.2) is 8.42 Å². The number of hydrogen-bond acceptors (Lipinski definition) is 6. The molecular weight excluding hydrogens is 412 g/mol. The molecule has 1 N–H and O–H groups in total. The summed E-state index contributed by atoms with van der Waals surface area (Å²) in [7, 11) is -3.60. The Bertz CT molecular complexity index is 926. The highest BCUT2D eigenvalue weighted by Gasteiger charge is 2.26. The van der Waals surface area contributed by atoms with Gasteiger partial charge >= 0.3 is 0 Å². The van der Waals surface area contributed by atoms with Crippen molar-refractivity contribution >= 4 is 33.4 Å². The van der Waals surface area contributed by atoms with E-state index < -0.39 is 10.0 Å². The molecule has 0 aromatic heterocycles. The van der Waals surface area contributed by atoms with Gasteiger partial charge in [-0.1, -0.05) is 6.07 Å². The third-order valence-corrected chi connectivity index (χ3v) is 7.14. The number of anilines is 1. The molecule has 7 nitrogen and oxygen atoms in total. The van der Waals surface area contributed by atoms with Crippen molar-refractivity contribution in [2.75, 3.05) is 44.0 Å². The fraction of sp³-hybridized carbons (Fsp3) is 0.350. The van der Waals surface area contributed by atoms with E-state index in [0.29, 0.717) is 38.6 Å². The summed E-state index contributed by atoms with van der Waals surface area (Å²) in [5.74, 6) is 0.804. The van der Waals surface area contributed by atoms with Crippen LogP contribution in [-0.4, -0.2) is 57.3 Å². The topological polar surface area (TPSA) is 84.9 Å². The predicted octanol–water partition coefficient (Wildman–Crippen LogP) is 2.84. The number of hydrogen-bond donors (Lipinski definition) is 1. The van der Waals surface area contributed by atoms with Crippen LogP contribution in [0.2, 0.25) is 0 Å². The molecular formula is C20H24N2O5S2. The highest BCUT2D eigenvalue weighted by atomic mass is 32.2. The fourth-order valence-corrected chi connectivity index (χ4v) is 4.97. The summed E-state index contributed by atoms with van der Waals surface area (Å²) >= 11 is 1.40. The average molecular weight is 437 g/mol. The number of amides is 1. The number of carbonyl (C=O) groups is 1. The maximum Gasteiger partial charge on any atom is 0.243 e. The van der Waals surface area contributed by atoms with E-state index in [1.807, 2.05) is 31.2 Å². The molecule has 0 spiro atoms. The van der Waals surface area contributed by atoms with Crippen LogP contribution in [0.5, 0.6) is 5.75 Å². The molecule has 1 aliphatic rings. The van der Waals surface area contributed by atoms with Gasteiger partial charge in [-0.3, -0.25) is 4.79 Å². The lowest BCUT2D eigenvalue weighted by Crippen LogP contribution is -2.40. The number of nitrogens with zero attached hydrogens (tertiary/aromatic N) is 1. The van der Waals surface area contributed by atoms with Crippen molar-refractivity contribution in [2.24, 2.45) is 0 Å². The molecule has 0 bridgehead atoms. The molecule has 29 heavy (non-hydrogen) atoms. The van der Waals surface area contributed by atoms with Gasteiger partial charge in [0.15, 0.2) is 0 Å². The first-order valence-electron chi connectivity index (χ1n) is 9.32. The summed E-state index contributed by atoms with van der Waals surface area (Å²) in [6.45, 7) is 3.97. The Kier molecular flexibility index (Phi) is 7.54. The highest BCUT2D eigenvalue weighted by molar-refractivity contribution is 8.00. The lowest BCUT2D eigenvalue weighted by molar-refractivity contribution is -0.113. The average Bonchev–Trinajstić information content (AvgIpc) is 2.74. The van der Waals surface area contributed by atoms with Crippen molar-refractivity contribution in [3.63, 3.8) is 0 Å². The van der Waals surface area contributed by atoms with E-state index in [1.54, 1.807) is 12.1 Å². The molecule has 156 valence electrons. The van der Waals surface area contributed by atoms with Crippen LogP contribution < -0.4 is 10.1 Å². The Labute approximate surface area is 175 Å². The van der Waals surface area contributed by atoms with Crippen LogP contribution in [0.3, 0.4) is 0 Å². The Hall–Kier alpha value is -2.07. The summed E-state index contributed by atoms with van der Waals surface area (Å²) in [5, 5.41) is 2.77. The summed E-state index contributed by atoms with van der Waals surface area (Å²) in [6, 6.07) is 13.9. The standard InChI is InChI=1S/C20H24N2O5S2/c1-2-27-17-6-8-18(9-7-17)28-15-20(23)21-16-4-3-5-19(14-16)29(24,25)22-10-12-26-13-11-22/h3-9,14H,2,10-13,15H2,1H3,(H,21,23). The third-order valence-electron chi connectivity index (χ3n) is 4.23. The monoisotopic (exact) mass is 436 g/mol. The van der Waals surface area contributed by atoms with Crippen LogP contribution >= 0.6 is 11.8 Å². The fourth-order valence-electron chi connectivity index (χ4n) is 2.82. The molecule has 1 amide bonds. The number of sulfonamides is 1. The SMILES string of the molecule is CCOc1ccc(SCC(=O)Nc2cccc(S(=O)(=O)N3CCOCC3)c2)cc1. The summed E-state index contributed by atoms with van der Waals surface area (Å²) in [4.78, 5) is 13.4. The van der Waals surface area contributed by atoms with Gasteiger partial charge < -0.3 is 14.8 Å². The Morgan fingerprint density at radius 1 is 1.17 bits per heavy atom. The van der Waals surface area contributed by atoms with Gasteiger partial charge in [0, 0.05) is 23.7 Å². The van der Waals surface area contributed by atoms with Gasteiger partial charge in [-0.05, 0) is 49.4 Å². The number of carbonyl (C=O) groups excluding carboxylic acids is 1. The zero-order valence-electron chi connectivity index (χ0n) is 16.2. The Morgan fingerprint density at radius 3 is 2.59 bits per heavy atom. The number of rotatable bonds is 8. The molecule has 0 radical (unpaired) electrons. The van der Waals surface area contributed by atoms with Crippen LogP contribution in [0.4, 0.5) is 5.69 Å². The maximum absolute atomic E-state index is 12.8. The Morgan fingerprint density at radius 2 is 1.90 bits per heavy atom. The number of nitrogens with one attached hydrogen (secondary N) is 1. The molecule has 1 aliphatic heterocycles. The van der Waals surface area contributed by atoms with Crippen LogP contribution in [0.1, 0.15) is 6.92 Å². The van der Waals surface area contributed by atoms with Gasteiger partial charge in [-0.15, -0.1) is 11.8 Å². The van der Waals surface area contributed by atoms with E-state index >= 15 is 0 Å². The van der Waals surface area contributed by atoms with Gasteiger partial charge in [-0.2, -0.15) is 4.31 Å². The molecule has 2 aromatic rings. The number of benzene rings is 2. The second kappa shape index (κ2) is 10.1. The second-order valence-electron chi connectivity index (χ2n) is 6.29. The quantitative estimate of drug-likeness (QED) is 0.641. The zero-order valence-corrected chi connectivity index (χ0v) is 17.8. The highest BCUT2D eigenvalue weighted by Crippen LogP contribution is 2.23.